The summed E-state index contributed by atoms with van der Waals surface area (Å²) in [4.78, 5) is 0. The first-order chi connectivity index (χ1) is 8.72. The summed E-state index contributed by atoms with van der Waals surface area (Å²) in [5.74, 6) is 1.85. The number of halogens is 1. The molecule has 0 aromatic heterocycles. The molecule has 2 aromatic carbocycles. The predicted molar refractivity (Wildman–Crippen MR) is 71.9 cm³/mol. The molecular weight excluding hydrogens is 294 g/mol. The maximum atomic E-state index is 8.90. The Kier molecular flexibility index (Phi) is 3.85. The summed E-state index contributed by atoms with van der Waals surface area (Å²) < 4.78 is 11.7. The first-order valence-electron chi connectivity index (χ1n) is 5.24. The number of hydrogen-bond donors (Lipinski definition) is 0. The third-order valence-corrected chi connectivity index (χ3v) is 2.76. The number of benzene rings is 2. The maximum Gasteiger partial charge on any atom is 0.169 e. The topological polar surface area (TPSA) is 42.2 Å². The van der Waals surface area contributed by atoms with Crippen LogP contribution < -0.4 is 9.47 Å². The third kappa shape index (κ3) is 2.82. The van der Waals surface area contributed by atoms with Crippen LogP contribution in [-0.4, -0.2) is 7.11 Å². The summed E-state index contributed by atoms with van der Waals surface area (Å²) in [6, 6.07) is 14.6. The molecule has 4 heteroatoms. The van der Waals surface area contributed by atoms with Gasteiger partial charge in [0.15, 0.2) is 11.5 Å². The summed E-state index contributed by atoms with van der Waals surface area (Å²) in [6.45, 7) is 0. The summed E-state index contributed by atoms with van der Waals surface area (Å²) in [6.07, 6.45) is 0. The van der Waals surface area contributed by atoms with Crippen molar-refractivity contribution in [2.45, 2.75) is 0 Å². The van der Waals surface area contributed by atoms with E-state index < -0.39 is 0 Å². The van der Waals surface area contributed by atoms with E-state index in [2.05, 4.69) is 22.0 Å². The lowest BCUT2D eigenvalue weighted by molar-refractivity contribution is 0.379. The predicted octanol–water partition coefficient (Wildman–Crippen LogP) is 4.12. The molecule has 0 aliphatic carbocycles. The van der Waals surface area contributed by atoms with Gasteiger partial charge in [0, 0.05) is 4.47 Å². The van der Waals surface area contributed by atoms with Crippen molar-refractivity contribution in [2.75, 3.05) is 7.11 Å². The number of ether oxygens (including phenoxy) is 2. The molecular formula is C14H10BrNO2. The lowest BCUT2D eigenvalue weighted by Gasteiger charge is -2.10. The van der Waals surface area contributed by atoms with E-state index in [4.69, 9.17) is 14.7 Å². The molecule has 0 aliphatic heterocycles. The van der Waals surface area contributed by atoms with Crippen LogP contribution in [-0.2, 0) is 0 Å². The largest absolute Gasteiger partial charge is 0.493 e. The van der Waals surface area contributed by atoms with Gasteiger partial charge in [-0.15, -0.1) is 0 Å². The fourth-order valence-electron chi connectivity index (χ4n) is 1.52. The van der Waals surface area contributed by atoms with Crippen molar-refractivity contribution in [1.82, 2.24) is 0 Å². The molecule has 0 spiro atoms. The Morgan fingerprint density at radius 2 is 1.83 bits per heavy atom. The van der Waals surface area contributed by atoms with Crippen molar-refractivity contribution >= 4 is 15.9 Å². The van der Waals surface area contributed by atoms with Crippen LogP contribution in [0.5, 0.6) is 17.2 Å². The molecule has 0 amide bonds. The molecule has 0 saturated carbocycles. The van der Waals surface area contributed by atoms with Crippen LogP contribution in [0.1, 0.15) is 5.56 Å². The Bertz CT molecular complexity index is 605. The lowest BCUT2D eigenvalue weighted by atomic mass is 10.2. The van der Waals surface area contributed by atoms with E-state index in [1.165, 1.54) is 0 Å². The van der Waals surface area contributed by atoms with Crippen LogP contribution in [0, 0.1) is 11.3 Å². The van der Waals surface area contributed by atoms with E-state index in [1.807, 2.05) is 24.3 Å². The average molecular weight is 304 g/mol. The van der Waals surface area contributed by atoms with Gasteiger partial charge >= 0.3 is 0 Å². The Labute approximate surface area is 114 Å². The fourth-order valence-corrected chi connectivity index (χ4v) is 1.99. The molecule has 0 radical (unpaired) electrons. The van der Waals surface area contributed by atoms with Gasteiger partial charge in [-0.3, -0.25) is 0 Å². The molecule has 0 unspecified atom stereocenters. The van der Waals surface area contributed by atoms with Crippen LogP contribution in [0.4, 0.5) is 0 Å². The second-order valence-electron chi connectivity index (χ2n) is 3.54. The van der Waals surface area contributed by atoms with E-state index in [9.17, 15) is 0 Å². The summed E-state index contributed by atoms with van der Waals surface area (Å²) >= 11 is 3.34. The minimum absolute atomic E-state index is 0.536. The van der Waals surface area contributed by atoms with Gasteiger partial charge in [-0.1, -0.05) is 28.1 Å². The standard InChI is InChI=1S/C14H10BrNO2/c1-17-13-4-2-3-5-14(13)18-12-7-10(9-16)6-11(15)8-12/h2-8H,1H3. The van der Waals surface area contributed by atoms with Gasteiger partial charge < -0.3 is 9.47 Å². The Morgan fingerprint density at radius 1 is 1.11 bits per heavy atom. The first-order valence-corrected chi connectivity index (χ1v) is 6.04. The van der Waals surface area contributed by atoms with Crippen molar-refractivity contribution in [3.05, 3.63) is 52.5 Å². The second-order valence-corrected chi connectivity index (χ2v) is 4.46. The number of hydrogen-bond acceptors (Lipinski definition) is 3. The van der Waals surface area contributed by atoms with Gasteiger partial charge in [0.05, 0.1) is 18.7 Å². The summed E-state index contributed by atoms with van der Waals surface area (Å²) in [5, 5.41) is 8.90. The molecule has 0 aliphatic rings. The van der Waals surface area contributed by atoms with Gasteiger partial charge in [0.25, 0.3) is 0 Å². The zero-order valence-electron chi connectivity index (χ0n) is 9.68. The first kappa shape index (κ1) is 12.5. The molecule has 0 atom stereocenters. The van der Waals surface area contributed by atoms with Crippen molar-refractivity contribution < 1.29 is 9.47 Å². The number of para-hydroxylation sites is 2. The molecule has 0 heterocycles. The monoisotopic (exact) mass is 303 g/mol. The van der Waals surface area contributed by atoms with Crippen molar-refractivity contribution in [2.24, 2.45) is 0 Å². The molecule has 0 saturated heterocycles. The highest BCUT2D eigenvalue weighted by molar-refractivity contribution is 9.10. The Morgan fingerprint density at radius 3 is 2.50 bits per heavy atom. The van der Waals surface area contributed by atoms with Crippen molar-refractivity contribution in [3.63, 3.8) is 0 Å². The van der Waals surface area contributed by atoms with Crippen LogP contribution in [0.15, 0.2) is 46.9 Å². The Balaban J connectivity index is 2.34. The van der Waals surface area contributed by atoms with Gasteiger partial charge in [-0.25, -0.2) is 0 Å². The highest BCUT2D eigenvalue weighted by Gasteiger charge is 2.06. The molecule has 18 heavy (non-hydrogen) atoms. The van der Waals surface area contributed by atoms with Gasteiger partial charge in [-0.05, 0) is 30.3 Å². The van der Waals surface area contributed by atoms with E-state index >= 15 is 0 Å². The molecule has 90 valence electrons. The van der Waals surface area contributed by atoms with Crippen molar-refractivity contribution in [1.29, 1.82) is 5.26 Å². The minimum Gasteiger partial charge on any atom is -0.493 e. The quantitative estimate of drug-likeness (QED) is 0.856. The van der Waals surface area contributed by atoms with Gasteiger partial charge in [-0.2, -0.15) is 5.26 Å². The number of rotatable bonds is 3. The minimum atomic E-state index is 0.536. The molecule has 0 fully saturated rings. The van der Waals surface area contributed by atoms with E-state index in [0.717, 1.165) is 4.47 Å². The highest BCUT2D eigenvalue weighted by Crippen LogP contribution is 2.32. The smallest absolute Gasteiger partial charge is 0.169 e. The van der Waals surface area contributed by atoms with Crippen molar-refractivity contribution in [3.8, 4) is 23.3 Å². The molecule has 0 N–H and O–H groups in total. The summed E-state index contributed by atoms with van der Waals surface area (Å²) in [5.41, 5.74) is 0.536. The molecule has 2 rings (SSSR count). The molecule has 0 bridgehead atoms. The number of methoxy groups -OCH3 is 1. The molecule has 3 nitrogen and oxygen atoms in total. The zero-order valence-corrected chi connectivity index (χ0v) is 11.3. The summed E-state index contributed by atoms with van der Waals surface area (Å²) in [7, 11) is 1.59. The van der Waals surface area contributed by atoms with Gasteiger partial charge in [0.2, 0.25) is 0 Å². The average Bonchev–Trinajstić information content (AvgIpc) is 2.38. The third-order valence-electron chi connectivity index (χ3n) is 2.30. The lowest BCUT2D eigenvalue weighted by Crippen LogP contribution is -1.90. The number of nitrogens with zero attached hydrogens (tertiary/aromatic N) is 1. The normalized spacial score (nSPS) is 9.61. The Hall–Kier alpha value is -1.99. The van der Waals surface area contributed by atoms with Crippen LogP contribution >= 0.6 is 15.9 Å². The van der Waals surface area contributed by atoms with Crippen LogP contribution in [0.2, 0.25) is 0 Å². The van der Waals surface area contributed by atoms with E-state index in [1.54, 1.807) is 25.3 Å². The maximum absolute atomic E-state index is 8.90. The SMILES string of the molecule is COc1ccccc1Oc1cc(Br)cc(C#N)c1. The number of nitriles is 1. The highest BCUT2D eigenvalue weighted by atomic mass is 79.9. The van der Waals surface area contributed by atoms with Crippen LogP contribution in [0.3, 0.4) is 0 Å². The van der Waals surface area contributed by atoms with Crippen LogP contribution in [0.25, 0.3) is 0 Å². The molecule has 2 aromatic rings. The second kappa shape index (κ2) is 5.56. The van der Waals surface area contributed by atoms with Gasteiger partial charge in [0.1, 0.15) is 5.75 Å². The fraction of sp³-hybridized carbons (Fsp3) is 0.0714. The zero-order chi connectivity index (χ0) is 13.0. The van der Waals surface area contributed by atoms with E-state index in [-0.39, 0.29) is 0 Å². The van der Waals surface area contributed by atoms with E-state index in [0.29, 0.717) is 22.8 Å².